The maximum atomic E-state index is 12.1. The van der Waals surface area contributed by atoms with Gasteiger partial charge in [-0.15, -0.1) is 0 Å². The molecule has 0 atom stereocenters. The molecule has 3 N–H and O–H groups in total. The summed E-state index contributed by atoms with van der Waals surface area (Å²) in [6.07, 6.45) is 5.92. The Morgan fingerprint density at radius 1 is 1.41 bits per heavy atom. The molecule has 0 bridgehead atoms. The average Bonchev–Trinajstić information content (AvgIpc) is 2.64. The molecule has 0 saturated carbocycles. The van der Waals surface area contributed by atoms with Crippen LogP contribution in [0.3, 0.4) is 0 Å². The fourth-order valence-corrected chi connectivity index (χ4v) is 2.47. The number of ether oxygens (including phenoxy) is 2. The van der Waals surface area contributed by atoms with Crippen LogP contribution in [-0.2, 0) is 4.74 Å². The van der Waals surface area contributed by atoms with E-state index in [1.54, 1.807) is 23.4 Å². The van der Waals surface area contributed by atoms with Gasteiger partial charge in [0, 0.05) is 37.8 Å². The molecule has 9 nitrogen and oxygen atoms in total. The molecule has 0 aliphatic carbocycles. The number of hydrogen-bond acceptors (Lipinski definition) is 8. The monoisotopic (exact) mass is 376 g/mol. The number of anilines is 1. The second-order valence-electron chi connectivity index (χ2n) is 7.15. The lowest BCUT2D eigenvalue weighted by Crippen LogP contribution is -2.42. The fourth-order valence-electron chi connectivity index (χ4n) is 2.47. The third-order valence-corrected chi connectivity index (χ3v) is 3.82. The number of nitrogens with one attached hydrogen (secondary N) is 1. The van der Waals surface area contributed by atoms with E-state index in [9.17, 15) is 4.79 Å². The highest BCUT2D eigenvalue weighted by Crippen LogP contribution is 2.17. The van der Waals surface area contributed by atoms with Gasteiger partial charge in [0.15, 0.2) is 0 Å². The van der Waals surface area contributed by atoms with Gasteiger partial charge in [-0.25, -0.2) is 9.78 Å². The van der Waals surface area contributed by atoms with Crippen molar-refractivity contribution in [3.63, 3.8) is 0 Å². The molecule has 1 aromatic heterocycles. The van der Waals surface area contributed by atoms with Crippen molar-refractivity contribution >= 4 is 18.3 Å². The molecule has 27 heavy (non-hydrogen) atoms. The summed E-state index contributed by atoms with van der Waals surface area (Å²) in [6.45, 7) is 6.82. The van der Waals surface area contributed by atoms with Gasteiger partial charge < -0.3 is 25.4 Å². The van der Waals surface area contributed by atoms with Crippen LogP contribution in [0.5, 0.6) is 5.88 Å². The Morgan fingerprint density at radius 2 is 2.11 bits per heavy atom. The van der Waals surface area contributed by atoms with Gasteiger partial charge in [-0.1, -0.05) is 0 Å². The van der Waals surface area contributed by atoms with Gasteiger partial charge in [0.25, 0.3) is 0 Å². The topological polar surface area (TPSA) is 115 Å². The number of nitrogens with two attached hydrogens (primary N) is 1. The highest BCUT2D eigenvalue weighted by molar-refractivity contribution is 5.82. The summed E-state index contributed by atoms with van der Waals surface area (Å²) in [5.41, 5.74) is 5.75. The highest BCUT2D eigenvalue weighted by atomic mass is 16.6. The molecular formula is C18H28N6O3. The van der Waals surface area contributed by atoms with Crippen molar-refractivity contribution in [2.24, 2.45) is 10.7 Å². The minimum atomic E-state index is -0.485. The van der Waals surface area contributed by atoms with E-state index in [0.29, 0.717) is 30.6 Å². The number of piperidine rings is 1. The van der Waals surface area contributed by atoms with E-state index in [4.69, 9.17) is 15.2 Å². The number of carbonyl (C=O) groups is 1. The maximum Gasteiger partial charge on any atom is 0.410 e. The first-order valence-electron chi connectivity index (χ1n) is 8.88. The number of aliphatic imine (C=N–C) groups is 1. The molecule has 0 spiro atoms. The van der Waals surface area contributed by atoms with Gasteiger partial charge in [-0.3, -0.25) is 4.99 Å². The highest BCUT2D eigenvalue weighted by Gasteiger charge is 2.26. The molecule has 1 fully saturated rings. The normalized spacial score (nSPS) is 16.4. The lowest BCUT2D eigenvalue weighted by molar-refractivity contribution is 0.0207. The number of likely N-dealkylation sites (tertiary alicyclic amines) is 1. The predicted molar refractivity (Wildman–Crippen MR) is 104 cm³/mol. The Morgan fingerprint density at radius 3 is 2.70 bits per heavy atom. The Labute approximate surface area is 159 Å². The number of methoxy groups -OCH3 is 1. The quantitative estimate of drug-likeness (QED) is 0.757. The van der Waals surface area contributed by atoms with E-state index in [0.717, 1.165) is 12.8 Å². The van der Waals surface area contributed by atoms with Gasteiger partial charge in [-0.05, 0) is 33.6 Å². The van der Waals surface area contributed by atoms with Gasteiger partial charge in [0.05, 0.1) is 18.8 Å². The summed E-state index contributed by atoms with van der Waals surface area (Å²) in [7, 11) is 1.54. The Bertz CT molecular complexity index is 691. The lowest BCUT2D eigenvalue weighted by atomic mass is 10.1. The third-order valence-electron chi connectivity index (χ3n) is 3.82. The number of hydrogen-bond donors (Lipinski definition) is 2. The number of carbonyl (C=O) groups excluding carboxylic acids is 1. The van der Waals surface area contributed by atoms with Gasteiger partial charge >= 0.3 is 6.09 Å². The summed E-state index contributed by atoms with van der Waals surface area (Å²) < 4.78 is 10.5. The number of nitrogens with zero attached hydrogens (tertiary/aromatic N) is 4. The van der Waals surface area contributed by atoms with Crippen LogP contribution in [0, 0.1) is 0 Å². The van der Waals surface area contributed by atoms with E-state index in [-0.39, 0.29) is 12.1 Å². The zero-order valence-electron chi connectivity index (χ0n) is 16.3. The van der Waals surface area contributed by atoms with Gasteiger partial charge in [-0.2, -0.15) is 4.98 Å². The van der Waals surface area contributed by atoms with Crippen molar-refractivity contribution in [3.05, 3.63) is 24.2 Å². The zero-order valence-corrected chi connectivity index (χ0v) is 16.3. The average molecular weight is 376 g/mol. The van der Waals surface area contributed by atoms with E-state index in [1.807, 2.05) is 20.8 Å². The molecular weight excluding hydrogens is 348 g/mol. The Balaban J connectivity index is 1.86. The second-order valence-corrected chi connectivity index (χ2v) is 7.15. The molecule has 1 aliphatic heterocycles. The number of amides is 1. The van der Waals surface area contributed by atoms with Crippen molar-refractivity contribution in [1.82, 2.24) is 14.9 Å². The van der Waals surface area contributed by atoms with E-state index >= 15 is 0 Å². The molecule has 0 unspecified atom stereocenters. The van der Waals surface area contributed by atoms with Crippen LogP contribution in [0.1, 0.15) is 33.6 Å². The molecule has 2 heterocycles. The molecule has 2 rings (SSSR count). The number of rotatable bonds is 5. The standard InChI is InChI=1S/C18H28N6O3/c1-18(2,3)27-17(25)24-9-6-13(7-10-24)21-12-14(11-19)22-16-20-8-5-15(23-16)26-4/h5,8,11-13H,6-7,9-10,19H2,1-4H3,(H,20,22,23)/b14-11+,21-12?. The summed E-state index contributed by atoms with van der Waals surface area (Å²) in [5, 5.41) is 3.00. The molecule has 1 amide bonds. The largest absolute Gasteiger partial charge is 0.481 e. The van der Waals surface area contributed by atoms with Crippen LogP contribution in [0.2, 0.25) is 0 Å². The van der Waals surface area contributed by atoms with Crippen LogP contribution in [-0.4, -0.2) is 59.0 Å². The number of allylic oxidation sites excluding steroid dienone is 1. The van der Waals surface area contributed by atoms with Crippen molar-refractivity contribution < 1.29 is 14.3 Å². The van der Waals surface area contributed by atoms with Crippen LogP contribution < -0.4 is 15.8 Å². The smallest absolute Gasteiger partial charge is 0.410 e. The minimum Gasteiger partial charge on any atom is -0.481 e. The van der Waals surface area contributed by atoms with Crippen LogP contribution >= 0.6 is 0 Å². The molecule has 1 saturated heterocycles. The fraction of sp³-hybridized carbons (Fsp3) is 0.556. The van der Waals surface area contributed by atoms with Gasteiger partial charge in [0.1, 0.15) is 5.60 Å². The molecule has 9 heteroatoms. The zero-order chi connectivity index (χ0) is 19.9. The lowest BCUT2D eigenvalue weighted by Gasteiger charge is -2.32. The summed E-state index contributed by atoms with van der Waals surface area (Å²) in [4.78, 5) is 26.7. The molecule has 1 aliphatic rings. The molecule has 1 aromatic rings. The van der Waals surface area contributed by atoms with Gasteiger partial charge in [0.2, 0.25) is 11.8 Å². The molecule has 148 valence electrons. The maximum absolute atomic E-state index is 12.1. The van der Waals surface area contributed by atoms with Crippen molar-refractivity contribution in [1.29, 1.82) is 0 Å². The predicted octanol–water partition coefficient (Wildman–Crippen LogP) is 2.17. The Hall–Kier alpha value is -2.84. The first-order chi connectivity index (χ1) is 12.8. The van der Waals surface area contributed by atoms with Crippen LogP contribution in [0.25, 0.3) is 0 Å². The summed E-state index contributed by atoms with van der Waals surface area (Å²) in [5.74, 6) is 0.826. The summed E-state index contributed by atoms with van der Waals surface area (Å²) >= 11 is 0. The van der Waals surface area contributed by atoms with E-state index in [2.05, 4.69) is 20.3 Å². The Kier molecular flexibility index (Phi) is 6.98. The molecule has 0 aromatic carbocycles. The van der Waals surface area contributed by atoms with E-state index in [1.165, 1.54) is 13.3 Å². The van der Waals surface area contributed by atoms with Crippen LogP contribution in [0.4, 0.5) is 10.7 Å². The van der Waals surface area contributed by atoms with Crippen molar-refractivity contribution in [2.75, 3.05) is 25.5 Å². The van der Waals surface area contributed by atoms with Crippen molar-refractivity contribution in [3.8, 4) is 5.88 Å². The number of aromatic nitrogens is 2. The third kappa shape index (κ3) is 6.76. The SMILES string of the molecule is COc1ccnc(N/C(C=NC2CCN(C(=O)OC(C)(C)C)CC2)=C/N)n1. The first kappa shape index (κ1) is 20.5. The first-order valence-corrected chi connectivity index (χ1v) is 8.88. The second kappa shape index (κ2) is 9.20. The summed E-state index contributed by atoms with van der Waals surface area (Å²) in [6, 6.07) is 1.77. The molecule has 0 radical (unpaired) electrons. The van der Waals surface area contributed by atoms with E-state index < -0.39 is 5.60 Å². The minimum absolute atomic E-state index is 0.117. The van der Waals surface area contributed by atoms with Crippen LogP contribution in [0.15, 0.2) is 29.2 Å². The van der Waals surface area contributed by atoms with Crippen molar-refractivity contribution in [2.45, 2.75) is 45.3 Å².